The van der Waals surface area contributed by atoms with Crippen molar-refractivity contribution in [1.82, 2.24) is 4.90 Å². The van der Waals surface area contributed by atoms with Gasteiger partial charge in [0.2, 0.25) is 0 Å². The highest BCUT2D eigenvalue weighted by Gasteiger charge is 2.11. The molecule has 0 aromatic heterocycles. The molecule has 1 unspecified atom stereocenters. The number of nitrogens with zero attached hydrogens (tertiary/aromatic N) is 2. The van der Waals surface area contributed by atoms with Crippen LogP contribution in [0.15, 0.2) is 12.3 Å². The summed E-state index contributed by atoms with van der Waals surface area (Å²) in [7, 11) is 2.12. The minimum Gasteiger partial charge on any atom is -0.380 e. The zero-order valence-electron chi connectivity index (χ0n) is 8.37. The van der Waals surface area contributed by atoms with Gasteiger partial charge in [0.1, 0.15) is 0 Å². The summed E-state index contributed by atoms with van der Waals surface area (Å²) >= 11 is 0. The van der Waals surface area contributed by atoms with Crippen LogP contribution in [0, 0.1) is 17.2 Å². The van der Waals surface area contributed by atoms with E-state index in [4.69, 9.17) is 5.26 Å². The van der Waals surface area contributed by atoms with Crippen molar-refractivity contribution in [3.63, 3.8) is 0 Å². The Kier molecular flexibility index (Phi) is 4.39. The lowest BCUT2D eigenvalue weighted by molar-refractivity contribution is 0.413. The molecule has 13 heavy (non-hydrogen) atoms. The van der Waals surface area contributed by atoms with Crippen molar-refractivity contribution in [2.45, 2.75) is 32.1 Å². The number of unbranched alkanes of at least 4 members (excludes halogenated alkanes) is 3. The van der Waals surface area contributed by atoms with Gasteiger partial charge in [-0.15, -0.1) is 0 Å². The second-order valence-corrected chi connectivity index (χ2v) is 3.80. The van der Waals surface area contributed by atoms with Crippen LogP contribution in [0.3, 0.4) is 0 Å². The summed E-state index contributed by atoms with van der Waals surface area (Å²) in [5.74, 6) is 0.757. The molecule has 0 radical (unpaired) electrons. The number of hydrogen-bond acceptors (Lipinski definition) is 2. The molecule has 72 valence electrons. The molecule has 0 saturated carbocycles. The first-order valence-corrected chi connectivity index (χ1v) is 5.08. The van der Waals surface area contributed by atoms with Crippen LogP contribution in [0.5, 0.6) is 0 Å². The van der Waals surface area contributed by atoms with Crippen molar-refractivity contribution in [3.8, 4) is 6.07 Å². The summed E-state index contributed by atoms with van der Waals surface area (Å²) in [5.41, 5.74) is 0. The summed E-state index contributed by atoms with van der Waals surface area (Å²) in [6.07, 6.45) is 10.0. The van der Waals surface area contributed by atoms with E-state index in [1.54, 1.807) is 0 Å². The molecule has 0 spiro atoms. The quantitative estimate of drug-likeness (QED) is 0.605. The molecule has 0 bridgehead atoms. The van der Waals surface area contributed by atoms with E-state index in [2.05, 4.69) is 30.3 Å². The highest BCUT2D eigenvalue weighted by molar-refractivity contribution is 4.96. The van der Waals surface area contributed by atoms with Gasteiger partial charge in [-0.3, -0.25) is 0 Å². The Bertz CT molecular complexity index is 203. The summed E-state index contributed by atoms with van der Waals surface area (Å²) in [6, 6.07) is 2.18. The Balaban J connectivity index is 1.95. The maximum Gasteiger partial charge on any atom is 0.0621 e. The first kappa shape index (κ1) is 10.1. The summed E-state index contributed by atoms with van der Waals surface area (Å²) in [4.78, 5) is 2.24. The predicted octanol–water partition coefficient (Wildman–Crippen LogP) is 2.54. The molecule has 0 aliphatic carbocycles. The minimum atomic E-state index is 0.723. The lowest BCUT2D eigenvalue weighted by atomic mass is 10.0. The molecule has 0 amide bonds. The van der Waals surface area contributed by atoms with Gasteiger partial charge in [0, 0.05) is 20.0 Å². The van der Waals surface area contributed by atoms with E-state index in [1.165, 1.54) is 25.8 Å². The first-order valence-electron chi connectivity index (χ1n) is 5.08. The Hall–Kier alpha value is -0.970. The number of hydrogen-bond donors (Lipinski definition) is 0. The molecule has 1 aliphatic heterocycles. The van der Waals surface area contributed by atoms with Gasteiger partial charge < -0.3 is 4.90 Å². The zero-order chi connectivity index (χ0) is 9.52. The number of nitriles is 1. The van der Waals surface area contributed by atoms with Crippen LogP contribution < -0.4 is 0 Å². The van der Waals surface area contributed by atoms with Gasteiger partial charge in [-0.25, -0.2) is 0 Å². The number of rotatable bonds is 5. The fourth-order valence-electron chi connectivity index (χ4n) is 1.74. The van der Waals surface area contributed by atoms with Crippen molar-refractivity contribution in [2.75, 3.05) is 13.6 Å². The van der Waals surface area contributed by atoms with Crippen LogP contribution >= 0.6 is 0 Å². The Morgan fingerprint density at radius 3 is 2.92 bits per heavy atom. The largest absolute Gasteiger partial charge is 0.380 e. The molecule has 0 saturated heterocycles. The lowest BCUT2D eigenvalue weighted by Gasteiger charge is -2.11. The molecule has 2 nitrogen and oxygen atoms in total. The fraction of sp³-hybridized carbons (Fsp3) is 0.727. The van der Waals surface area contributed by atoms with E-state index >= 15 is 0 Å². The average molecular weight is 178 g/mol. The molecule has 0 fully saturated rings. The van der Waals surface area contributed by atoms with Gasteiger partial charge in [0.05, 0.1) is 6.07 Å². The molecule has 2 heteroatoms. The lowest BCUT2D eigenvalue weighted by Crippen LogP contribution is -2.12. The third kappa shape index (κ3) is 3.98. The monoisotopic (exact) mass is 178 g/mol. The SMILES string of the molecule is CN1C=CC(CCCCCC#N)C1. The van der Waals surface area contributed by atoms with E-state index in [-0.39, 0.29) is 0 Å². The smallest absolute Gasteiger partial charge is 0.0621 e. The van der Waals surface area contributed by atoms with Gasteiger partial charge in [0.15, 0.2) is 0 Å². The van der Waals surface area contributed by atoms with Crippen molar-refractivity contribution < 1.29 is 0 Å². The molecule has 1 rings (SSSR count). The minimum absolute atomic E-state index is 0.723. The van der Waals surface area contributed by atoms with E-state index < -0.39 is 0 Å². The van der Waals surface area contributed by atoms with Gasteiger partial charge in [0.25, 0.3) is 0 Å². The van der Waals surface area contributed by atoms with Crippen LogP contribution in [0.4, 0.5) is 0 Å². The van der Waals surface area contributed by atoms with Crippen LogP contribution in [0.1, 0.15) is 32.1 Å². The Morgan fingerprint density at radius 1 is 1.46 bits per heavy atom. The van der Waals surface area contributed by atoms with Gasteiger partial charge >= 0.3 is 0 Å². The van der Waals surface area contributed by atoms with Crippen molar-refractivity contribution >= 4 is 0 Å². The van der Waals surface area contributed by atoms with Gasteiger partial charge in [-0.05, 0) is 25.0 Å². The molecule has 1 atom stereocenters. The highest BCUT2D eigenvalue weighted by Crippen LogP contribution is 2.17. The summed E-state index contributed by atoms with van der Waals surface area (Å²) in [6.45, 7) is 1.18. The second-order valence-electron chi connectivity index (χ2n) is 3.80. The molecular weight excluding hydrogens is 160 g/mol. The third-order valence-electron chi connectivity index (χ3n) is 2.50. The summed E-state index contributed by atoms with van der Waals surface area (Å²) < 4.78 is 0. The maximum atomic E-state index is 8.34. The first-order chi connectivity index (χ1) is 6.33. The Labute approximate surface area is 80.8 Å². The molecule has 0 aromatic rings. The molecule has 0 N–H and O–H groups in total. The Morgan fingerprint density at radius 2 is 2.31 bits per heavy atom. The van der Waals surface area contributed by atoms with Crippen LogP contribution in [-0.4, -0.2) is 18.5 Å². The van der Waals surface area contributed by atoms with Crippen molar-refractivity contribution in [2.24, 2.45) is 5.92 Å². The van der Waals surface area contributed by atoms with Crippen LogP contribution in [-0.2, 0) is 0 Å². The van der Waals surface area contributed by atoms with Crippen molar-refractivity contribution in [3.05, 3.63) is 12.3 Å². The van der Waals surface area contributed by atoms with Crippen molar-refractivity contribution in [1.29, 1.82) is 5.26 Å². The van der Waals surface area contributed by atoms with E-state index in [9.17, 15) is 0 Å². The molecule has 1 aliphatic rings. The van der Waals surface area contributed by atoms with Gasteiger partial charge in [-0.1, -0.05) is 18.9 Å². The van der Waals surface area contributed by atoms with Gasteiger partial charge in [-0.2, -0.15) is 5.26 Å². The average Bonchev–Trinajstić information content (AvgIpc) is 2.51. The summed E-state index contributed by atoms with van der Waals surface area (Å²) in [5, 5.41) is 8.34. The van der Waals surface area contributed by atoms with Crippen LogP contribution in [0.25, 0.3) is 0 Å². The standard InChI is InChI=1S/C11H18N2/c1-13-9-7-11(10-13)6-4-2-3-5-8-12/h7,9,11H,2-6,10H2,1H3. The topological polar surface area (TPSA) is 27.0 Å². The molecule has 0 aromatic carbocycles. The maximum absolute atomic E-state index is 8.34. The highest BCUT2D eigenvalue weighted by atomic mass is 15.1. The fourth-order valence-corrected chi connectivity index (χ4v) is 1.74. The van der Waals surface area contributed by atoms with E-state index in [1.807, 2.05) is 0 Å². The zero-order valence-corrected chi connectivity index (χ0v) is 8.37. The molecular formula is C11H18N2. The predicted molar refractivity (Wildman–Crippen MR) is 54.0 cm³/mol. The second kappa shape index (κ2) is 5.64. The van der Waals surface area contributed by atoms with E-state index in [0.717, 1.165) is 18.8 Å². The van der Waals surface area contributed by atoms with E-state index in [0.29, 0.717) is 0 Å². The molecule has 1 heterocycles. The third-order valence-corrected chi connectivity index (χ3v) is 2.50. The van der Waals surface area contributed by atoms with Crippen LogP contribution in [0.2, 0.25) is 0 Å². The normalized spacial score (nSPS) is 20.6.